The second-order valence-corrected chi connectivity index (χ2v) is 25.5. The molecule has 4 aliphatic rings. The highest BCUT2D eigenvalue weighted by Gasteiger charge is 2.58. The third-order valence-electron chi connectivity index (χ3n) is 19.1. The van der Waals surface area contributed by atoms with E-state index in [0.717, 1.165) is 46.9 Å². The van der Waals surface area contributed by atoms with Gasteiger partial charge < -0.3 is 19.1 Å². The number of nitrogens with zero attached hydrogens (tertiary/aromatic N) is 3. The van der Waals surface area contributed by atoms with Gasteiger partial charge in [0.1, 0.15) is 11.2 Å². The van der Waals surface area contributed by atoms with Gasteiger partial charge in [0, 0.05) is 61.8 Å². The molecule has 6 heteroatoms. The van der Waals surface area contributed by atoms with Crippen LogP contribution in [0.3, 0.4) is 0 Å². The van der Waals surface area contributed by atoms with E-state index < -0.39 is 0 Å². The first-order valence-electron chi connectivity index (χ1n) is 27.3. The van der Waals surface area contributed by atoms with E-state index in [4.69, 9.17) is 4.42 Å². The van der Waals surface area contributed by atoms with Crippen molar-refractivity contribution in [1.29, 1.82) is 0 Å². The summed E-state index contributed by atoms with van der Waals surface area (Å²) >= 11 is 1.92. The van der Waals surface area contributed by atoms with Gasteiger partial charge in [-0.05, 0) is 175 Å². The van der Waals surface area contributed by atoms with Crippen LogP contribution in [0, 0.1) is 20.8 Å². The maximum Gasteiger partial charge on any atom is 0.249 e. The Morgan fingerprint density at radius 2 is 1.22 bits per heavy atom. The van der Waals surface area contributed by atoms with Crippen LogP contribution in [0.4, 0.5) is 39.8 Å². The zero-order valence-electron chi connectivity index (χ0n) is 44.8. The molecule has 368 valence electrons. The summed E-state index contributed by atoms with van der Waals surface area (Å²) in [6.45, 7) is 21.9. The van der Waals surface area contributed by atoms with Crippen molar-refractivity contribution < 1.29 is 4.42 Å². The van der Waals surface area contributed by atoms with Gasteiger partial charge in [-0.15, -0.1) is 11.3 Å². The summed E-state index contributed by atoms with van der Waals surface area (Å²) in [6.07, 6.45) is 7.13. The number of rotatable bonds is 5. The lowest BCUT2D eigenvalue weighted by molar-refractivity contribution is 0.194. The van der Waals surface area contributed by atoms with Gasteiger partial charge in [0.05, 0.1) is 27.0 Å². The molecule has 0 amide bonds. The van der Waals surface area contributed by atoms with Crippen molar-refractivity contribution in [1.82, 2.24) is 0 Å². The number of hydrogen-bond acceptors (Lipinski definition) is 5. The van der Waals surface area contributed by atoms with Gasteiger partial charge in [-0.3, -0.25) is 0 Å². The minimum Gasteiger partial charge on any atom is -0.456 e. The van der Waals surface area contributed by atoms with Gasteiger partial charge >= 0.3 is 0 Å². The third-order valence-corrected chi connectivity index (χ3v) is 20.3. The molecule has 2 aromatic heterocycles. The fraction of sp³-hybridized carbons (Fsp3) is 0.294. The Labute approximate surface area is 441 Å². The Kier molecular flexibility index (Phi) is 9.84. The van der Waals surface area contributed by atoms with Crippen LogP contribution in [-0.4, -0.2) is 19.3 Å². The monoisotopic (exact) mass is 984 g/mol. The van der Waals surface area contributed by atoms with Crippen LogP contribution >= 0.6 is 11.3 Å². The van der Waals surface area contributed by atoms with Gasteiger partial charge in [-0.1, -0.05) is 132 Å². The highest BCUT2D eigenvalue weighted by molar-refractivity contribution is 7.26. The number of fused-ring (bicyclic) bond motifs is 12. The van der Waals surface area contributed by atoms with E-state index >= 15 is 0 Å². The van der Waals surface area contributed by atoms with Crippen molar-refractivity contribution >= 4 is 116 Å². The van der Waals surface area contributed by atoms with Crippen LogP contribution in [-0.2, 0) is 16.2 Å². The number of thiophene rings is 1. The van der Waals surface area contributed by atoms with E-state index in [1.165, 1.54) is 118 Å². The molecule has 2 unspecified atom stereocenters. The molecule has 0 saturated heterocycles. The van der Waals surface area contributed by atoms with E-state index in [0.29, 0.717) is 0 Å². The predicted octanol–water partition coefficient (Wildman–Crippen LogP) is 17.0. The van der Waals surface area contributed by atoms with Gasteiger partial charge in [0.15, 0.2) is 0 Å². The first kappa shape index (κ1) is 45.8. The molecule has 0 N–H and O–H groups in total. The van der Waals surface area contributed by atoms with E-state index in [1.807, 2.05) is 11.3 Å². The van der Waals surface area contributed by atoms with Crippen molar-refractivity contribution in [2.24, 2.45) is 0 Å². The molecule has 10 aromatic rings. The summed E-state index contributed by atoms with van der Waals surface area (Å²) < 4.78 is 9.30. The van der Waals surface area contributed by atoms with Crippen molar-refractivity contribution in [2.75, 3.05) is 21.7 Å². The summed E-state index contributed by atoms with van der Waals surface area (Å²) in [7, 11) is 2.34. The van der Waals surface area contributed by atoms with Crippen molar-refractivity contribution in [2.45, 2.75) is 123 Å². The van der Waals surface area contributed by atoms with Crippen LogP contribution in [0.15, 0.2) is 150 Å². The lowest BCUT2D eigenvalue weighted by Crippen LogP contribution is -2.59. The molecule has 4 nitrogen and oxygen atoms in total. The third kappa shape index (κ3) is 6.33. The molecule has 2 aliphatic heterocycles. The quantitative estimate of drug-likeness (QED) is 0.160. The average Bonchev–Trinajstić information content (AvgIpc) is 4.05. The molecule has 8 aromatic carbocycles. The zero-order chi connectivity index (χ0) is 50.8. The molecule has 4 heterocycles. The summed E-state index contributed by atoms with van der Waals surface area (Å²) in [6, 6.07) is 56.2. The van der Waals surface area contributed by atoms with E-state index in [9.17, 15) is 0 Å². The lowest BCUT2D eigenvalue weighted by atomic mass is 9.34. The SMILES string of the molecule is Cc1ccc2c(c1)N(c1cccc3oc4ccccc4c13)c1cc3c(cc1B2c1ccc(N2c4cc(C)cc(C)c4C4(C)CCCCC24C)cc1N(C)c1cccc2c1sc1ccccc12)C(C)(C)CCC3(C)C. The van der Waals surface area contributed by atoms with Crippen LogP contribution in [0.25, 0.3) is 42.1 Å². The lowest BCUT2D eigenvalue weighted by Gasteiger charge is -2.50. The smallest absolute Gasteiger partial charge is 0.249 e. The molecule has 74 heavy (non-hydrogen) atoms. The molecule has 2 atom stereocenters. The Bertz CT molecular complexity index is 4010. The van der Waals surface area contributed by atoms with Gasteiger partial charge in [0.25, 0.3) is 0 Å². The number of anilines is 7. The van der Waals surface area contributed by atoms with Gasteiger partial charge in [-0.2, -0.15) is 0 Å². The summed E-state index contributed by atoms with van der Waals surface area (Å²) in [5.41, 5.74) is 23.0. The normalized spacial score (nSPS) is 20.5. The minimum atomic E-state index is -0.0905. The standard InChI is InChI=1S/C68H66BN3OS/c1-41-27-29-51-56(36-41)71(53-22-18-25-60-62(53)47-20-11-13-24-59(47)73-60)57-40-49-48(65(4,5)33-34-66(49,6)7)39-52(57)69(51)50-30-28-44(72-58-37-42(2)35-43(3)63(58)67(8)31-15-16-32-68(67,72)9)38-55(50)70(10)54-23-17-21-46-45-19-12-14-26-61(45)74-64(46)54/h11-14,17-30,35-40H,15-16,31-34H2,1-10H3. The van der Waals surface area contributed by atoms with Crippen LogP contribution < -0.4 is 31.1 Å². The Balaban J connectivity index is 1.07. The zero-order valence-corrected chi connectivity index (χ0v) is 45.7. The summed E-state index contributed by atoms with van der Waals surface area (Å²) in [4.78, 5) is 7.97. The second kappa shape index (κ2) is 15.9. The first-order valence-corrected chi connectivity index (χ1v) is 28.1. The molecular formula is C68H66BN3OS. The topological polar surface area (TPSA) is 22.9 Å². The second-order valence-electron chi connectivity index (χ2n) is 24.5. The van der Waals surface area contributed by atoms with E-state index in [-0.39, 0.29) is 28.5 Å². The fourth-order valence-corrected chi connectivity index (χ4v) is 16.3. The Hall–Kier alpha value is -6.76. The number of furan rings is 1. The maximum absolute atomic E-state index is 6.66. The van der Waals surface area contributed by atoms with Crippen molar-refractivity contribution in [3.05, 3.63) is 179 Å². The van der Waals surface area contributed by atoms with Crippen molar-refractivity contribution in [3.8, 4) is 0 Å². The molecule has 2 aliphatic carbocycles. The van der Waals surface area contributed by atoms with Crippen LogP contribution in [0.2, 0.25) is 0 Å². The number of hydrogen-bond donors (Lipinski definition) is 0. The van der Waals surface area contributed by atoms with Crippen LogP contribution in [0.1, 0.15) is 113 Å². The Morgan fingerprint density at radius 3 is 2.04 bits per heavy atom. The largest absolute Gasteiger partial charge is 0.456 e. The predicted molar refractivity (Wildman–Crippen MR) is 319 cm³/mol. The number of aryl methyl sites for hydroxylation is 3. The molecule has 0 bridgehead atoms. The summed E-state index contributed by atoms with van der Waals surface area (Å²) in [5, 5.41) is 4.93. The van der Waals surface area contributed by atoms with Crippen molar-refractivity contribution in [3.63, 3.8) is 0 Å². The van der Waals surface area contributed by atoms with E-state index in [2.05, 4.69) is 230 Å². The molecule has 14 rings (SSSR count). The molecule has 1 fully saturated rings. The highest BCUT2D eigenvalue weighted by atomic mass is 32.1. The number of benzene rings is 8. The minimum absolute atomic E-state index is 0.00466. The molecular weight excluding hydrogens is 918 g/mol. The number of para-hydroxylation sites is 1. The van der Waals surface area contributed by atoms with E-state index in [1.54, 1.807) is 5.56 Å². The first-order chi connectivity index (χ1) is 35.6. The molecule has 0 radical (unpaired) electrons. The average molecular weight is 984 g/mol. The fourth-order valence-electron chi connectivity index (χ4n) is 15.1. The maximum atomic E-state index is 6.66. The van der Waals surface area contributed by atoms with Gasteiger partial charge in [-0.25, -0.2) is 0 Å². The summed E-state index contributed by atoms with van der Waals surface area (Å²) in [5.74, 6) is 0. The highest BCUT2D eigenvalue weighted by Crippen LogP contribution is 2.62. The van der Waals surface area contributed by atoms with Gasteiger partial charge in [0.2, 0.25) is 6.71 Å². The van der Waals surface area contributed by atoms with Crippen LogP contribution in [0.5, 0.6) is 0 Å². The Morgan fingerprint density at radius 1 is 0.541 bits per heavy atom. The molecule has 1 saturated carbocycles. The molecule has 0 spiro atoms.